The van der Waals surface area contributed by atoms with Crippen molar-refractivity contribution in [3.63, 3.8) is 0 Å². The Morgan fingerprint density at radius 1 is 0.575 bits per heavy atom. The molecule has 11 rings (SSSR count). The fourth-order valence-electron chi connectivity index (χ4n) is 10.6. The number of aromatic amines is 1. The third-order valence-electron chi connectivity index (χ3n) is 14.5. The Morgan fingerprint density at radius 2 is 1.12 bits per heavy atom. The van der Waals surface area contributed by atoms with Crippen LogP contribution in [0.3, 0.4) is 0 Å². The topological polar surface area (TPSA) is 128 Å². The molecule has 0 saturated heterocycles. The van der Waals surface area contributed by atoms with Crippen molar-refractivity contribution in [2.45, 2.75) is 148 Å². The number of hydrogen-bond acceptors (Lipinski definition) is 7. The van der Waals surface area contributed by atoms with Gasteiger partial charge in [0.15, 0.2) is 0 Å². The van der Waals surface area contributed by atoms with Crippen LogP contribution < -0.4 is 11.3 Å². The van der Waals surface area contributed by atoms with E-state index in [1.807, 2.05) is 42.8 Å². The van der Waals surface area contributed by atoms with Crippen LogP contribution in [0.25, 0.3) is 40.7 Å². The number of nitrogens with two attached hydrogens (primary N) is 1. The summed E-state index contributed by atoms with van der Waals surface area (Å²) in [7, 11) is 0. The summed E-state index contributed by atoms with van der Waals surface area (Å²) in [5.74, 6) is 7.00. The van der Waals surface area contributed by atoms with Crippen LogP contribution in [0.5, 0.6) is 0 Å². The van der Waals surface area contributed by atoms with Crippen molar-refractivity contribution in [3.8, 4) is 0 Å². The van der Waals surface area contributed by atoms with Gasteiger partial charge < -0.3 is 10.7 Å². The molecule has 0 fully saturated rings. The Bertz CT molecular complexity index is 3270. The highest BCUT2D eigenvalue weighted by molar-refractivity contribution is 5.89. The zero-order valence-electron chi connectivity index (χ0n) is 45.8. The Kier molecular flexibility index (Phi) is 17.8. The summed E-state index contributed by atoms with van der Waals surface area (Å²) in [4.78, 5) is 36.0. The van der Waals surface area contributed by atoms with Crippen LogP contribution in [0.15, 0.2) is 90.3 Å². The summed E-state index contributed by atoms with van der Waals surface area (Å²) in [5.41, 5.74) is 22.8. The van der Waals surface area contributed by atoms with Gasteiger partial charge >= 0.3 is 0 Å². The number of aromatic nitrogens is 7. The maximum Gasteiger partial charge on any atom is 0.258 e. The molecule has 73 heavy (non-hydrogen) atoms. The Balaban J connectivity index is 0.000000149. The van der Waals surface area contributed by atoms with Gasteiger partial charge in [0.05, 0.1) is 22.6 Å². The Labute approximate surface area is 436 Å². The molecule has 4 atom stereocenters. The number of anilines is 1. The van der Waals surface area contributed by atoms with E-state index in [0.717, 1.165) is 34.0 Å². The number of allylic oxidation sites excluding steroid dienone is 4. The second-order valence-corrected chi connectivity index (χ2v) is 21.9. The zero-order valence-corrected chi connectivity index (χ0v) is 45.8. The van der Waals surface area contributed by atoms with Crippen LogP contribution in [0.4, 0.5) is 5.82 Å². The fraction of sp³-hybridized carbons (Fsp3) is 0.406. The average molecular weight is 979 g/mol. The molecule has 4 aromatic heterocycles. The average Bonchev–Trinajstić information content (AvgIpc) is 4.16. The van der Waals surface area contributed by atoms with E-state index < -0.39 is 0 Å². The quantitative estimate of drug-likeness (QED) is 0.176. The van der Waals surface area contributed by atoms with Gasteiger partial charge in [0.2, 0.25) is 0 Å². The molecule has 384 valence electrons. The maximum absolute atomic E-state index is 11.6. The molecule has 0 spiro atoms. The molecule has 4 heterocycles. The molecule has 0 bridgehead atoms. The lowest BCUT2D eigenvalue weighted by atomic mass is 9.88. The molecule has 4 aliphatic rings. The summed E-state index contributed by atoms with van der Waals surface area (Å²) < 4.78 is 2.05. The minimum atomic E-state index is -0.0214. The highest BCUT2D eigenvalue weighted by atomic mass is 16.1. The van der Waals surface area contributed by atoms with Gasteiger partial charge in [0, 0.05) is 47.2 Å². The molecular formula is C64H82N8O. The van der Waals surface area contributed by atoms with Crippen LogP contribution >= 0.6 is 0 Å². The van der Waals surface area contributed by atoms with Crippen LogP contribution in [0, 0.1) is 65.2 Å². The zero-order chi connectivity index (χ0) is 52.3. The van der Waals surface area contributed by atoms with Crippen molar-refractivity contribution in [1.29, 1.82) is 0 Å². The summed E-state index contributed by atoms with van der Waals surface area (Å²) in [6, 6.07) is 15.8. The molecule has 4 aliphatic carbocycles. The van der Waals surface area contributed by atoms with Crippen molar-refractivity contribution in [1.82, 2.24) is 34.3 Å². The van der Waals surface area contributed by atoms with Gasteiger partial charge in [-0.1, -0.05) is 179 Å². The summed E-state index contributed by atoms with van der Waals surface area (Å²) in [5, 5.41) is 2.82. The normalized spacial score (nSPS) is 17.2. The summed E-state index contributed by atoms with van der Waals surface area (Å²) in [6.07, 6.45) is 22.5. The summed E-state index contributed by atoms with van der Waals surface area (Å²) in [6.45, 7) is 34.8. The monoisotopic (exact) mass is 979 g/mol. The van der Waals surface area contributed by atoms with E-state index in [1.165, 1.54) is 67.3 Å². The maximum atomic E-state index is 11.6. The standard InChI is InChI=1S/C15H18.C14H18.C13H15N3.C11H14N2O.C10H13N3.CH4/c1-10(2)13-6-5-7-14-12(4)8-11(3)9-15(13)14;1-9(2)12-5-6-13-11(4)7-10(3)8-14(12)13;1-8(2)10-4-5-11-12(10)15-9(3)16-7-6-14-13(11)16;1-6(2)8-4-5-9-10(8)12-7(3)13-11(9)14;1-6(2)7-3-4-8-9(7)12-5-13-10(8)11;/h5-10H,1-4H3;5-9,12H,1-4H3;4-8,10H,1-3H3;4-6,8H,1-3H3,(H,12,13,14);3-7H,1-2H3,(H2,11,12,13);1H4. The third-order valence-corrected chi connectivity index (χ3v) is 14.5. The lowest BCUT2D eigenvalue weighted by molar-refractivity contribution is 0.569. The largest absolute Gasteiger partial charge is 0.383 e. The molecule has 7 aromatic rings. The van der Waals surface area contributed by atoms with Crippen molar-refractivity contribution in [3.05, 3.63) is 180 Å². The molecule has 0 amide bonds. The number of nitrogens with one attached hydrogen (secondary N) is 1. The molecule has 9 nitrogen and oxygen atoms in total. The molecule has 3 N–H and O–H groups in total. The molecule has 4 unspecified atom stereocenters. The van der Waals surface area contributed by atoms with E-state index in [0.29, 0.717) is 64.9 Å². The number of rotatable bonds is 5. The van der Waals surface area contributed by atoms with Crippen molar-refractivity contribution >= 4 is 46.5 Å². The first-order valence-corrected chi connectivity index (χ1v) is 26.0. The number of hydrogen-bond donors (Lipinski definition) is 2. The van der Waals surface area contributed by atoms with E-state index in [2.05, 4.69) is 201 Å². The minimum absolute atomic E-state index is 0. The van der Waals surface area contributed by atoms with Crippen molar-refractivity contribution in [2.24, 2.45) is 23.7 Å². The first-order chi connectivity index (χ1) is 34.2. The SMILES string of the molecule is C.CC(C)C1C=Cc2c(N)ncnc21.Cc1cc(C)c2c(c1)C(C(C)C)C=C2.Cc1cc(C)c2cccc(C(C)C)c2c1.Cc1nc2c(c(=O)[nH]1)C=CC2C(C)C.Cc1nc2c(c3nccn13)C=CC2C(C)C. The minimum Gasteiger partial charge on any atom is -0.383 e. The molecule has 0 radical (unpaired) electrons. The number of benzene rings is 3. The third kappa shape index (κ3) is 12.0. The Hall–Kier alpha value is -6.74. The number of fused-ring (bicyclic) bond motifs is 7. The molecule has 9 heteroatoms. The fourth-order valence-corrected chi connectivity index (χ4v) is 10.6. The first kappa shape index (κ1) is 55.6. The highest BCUT2D eigenvalue weighted by Crippen LogP contribution is 2.39. The lowest BCUT2D eigenvalue weighted by Gasteiger charge is -2.16. The number of nitrogens with zero attached hydrogens (tertiary/aromatic N) is 6. The second kappa shape index (κ2) is 23.4. The first-order valence-electron chi connectivity index (χ1n) is 26.0. The molecule has 0 aliphatic heterocycles. The van der Waals surface area contributed by atoms with E-state index in [1.54, 1.807) is 0 Å². The molecule has 3 aromatic carbocycles. The number of imidazole rings is 1. The van der Waals surface area contributed by atoms with Gasteiger partial charge in [-0.25, -0.2) is 24.9 Å². The molecular weight excluding hydrogens is 897 g/mol. The van der Waals surface area contributed by atoms with Crippen LogP contribution in [0.2, 0.25) is 0 Å². The van der Waals surface area contributed by atoms with E-state index in [-0.39, 0.29) is 13.0 Å². The van der Waals surface area contributed by atoms with Crippen molar-refractivity contribution in [2.75, 3.05) is 5.73 Å². The van der Waals surface area contributed by atoms with Gasteiger partial charge in [-0.2, -0.15) is 0 Å². The lowest BCUT2D eigenvalue weighted by Crippen LogP contribution is -2.16. The van der Waals surface area contributed by atoms with Gasteiger partial charge in [-0.05, 0) is 110 Å². The predicted molar refractivity (Wildman–Crippen MR) is 310 cm³/mol. The van der Waals surface area contributed by atoms with Gasteiger partial charge in [0.25, 0.3) is 5.56 Å². The van der Waals surface area contributed by atoms with Gasteiger partial charge in [0.1, 0.15) is 29.4 Å². The van der Waals surface area contributed by atoms with Gasteiger partial charge in [-0.3, -0.25) is 9.20 Å². The van der Waals surface area contributed by atoms with E-state index in [4.69, 9.17) is 10.7 Å². The van der Waals surface area contributed by atoms with E-state index in [9.17, 15) is 4.79 Å². The van der Waals surface area contributed by atoms with E-state index >= 15 is 0 Å². The van der Waals surface area contributed by atoms with Crippen molar-refractivity contribution < 1.29 is 0 Å². The van der Waals surface area contributed by atoms with Gasteiger partial charge in [-0.15, -0.1) is 0 Å². The van der Waals surface area contributed by atoms with Crippen LogP contribution in [-0.4, -0.2) is 34.3 Å². The smallest absolute Gasteiger partial charge is 0.258 e. The number of H-pyrrole nitrogens is 1. The van der Waals surface area contributed by atoms with Crippen LogP contribution in [0.1, 0.15) is 191 Å². The second-order valence-electron chi connectivity index (χ2n) is 21.9. The highest BCUT2D eigenvalue weighted by Gasteiger charge is 2.27. The number of aryl methyl sites for hydroxylation is 6. The van der Waals surface area contributed by atoms with Crippen LogP contribution in [-0.2, 0) is 0 Å². The predicted octanol–water partition coefficient (Wildman–Crippen LogP) is 15.8. The Morgan fingerprint density at radius 3 is 1.75 bits per heavy atom. The summed E-state index contributed by atoms with van der Waals surface area (Å²) >= 11 is 0. The molecule has 0 saturated carbocycles. The number of nitrogen functional groups attached to an aromatic ring is 1.